The van der Waals surface area contributed by atoms with E-state index in [1.54, 1.807) is 6.07 Å². The molecule has 0 fully saturated rings. The van der Waals surface area contributed by atoms with Crippen molar-refractivity contribution in [3.8, 4) is 11.1 Å². The molecule has 0 heterocycles. The fourth-order valence-corrected chi connectivity index (χ4v) is 1.57. The molecule has 4 heteroatoms. The van der Waals surface area contributed by atoms with Gasteiger partial charge < -0.3 is 0 Å². The van der Waals surface area contributed by atoms with Gasteiger partial charge >= 0.3 is 0 Å². The van der Waals surface area contributed by atoms with Crippen LogP contribution in [0, 0.1) is 11.6 Å². The predicted molar refractivity (Wildman–Crippen MR) is 56.8 cm³/mol. The van der Waals surface area contributed by atoms with E-state index < -0.39 is 23.6 Å². The molecule has 0 N–H and O–H groups in total. The van der Waals surface area contributed by atoms with Gasteiger partial charge in [-0.1, -0.05) is 24.3 Å². The number of halogens is 4. The molecule has 0 aliphatic heterocycles. The second-order valence-corrected chi connectivity index (χ2v) is 3.52. The van der Waals surface area contributed by atoms with Gasteiger partial charge in [-0.3, -0.25) is 0 Å². The summed E-state index contributed by atoms with van der Waals surface area (Å²) in [4.78, 5) is 0. The molecule has 0 bridgehead atoms. The highest BCUT2D eigenvalue weighted by atomic mass is 19.3. The van der Waals surface area contributed by atoms with Crippen LogP contribution in [0.25, 0.3) is 11.1 Å². The standard InChI is InChI=1S/C13H8F4/c14-11-4-2-1-3-9(11)8-5-6-10(13(16)17)12(15)7-8/h1-7,13H. The highest BCUT2D eigenvalue weighted by Crippen LogP contribution is 2.28. The monoisotopic (exact) mass is 240 g/mol. The highest BCUT2D eigenvalue weighted by molar-refractivity contribution is 5.64. The first-order chi connectivity index (χ1) is 8.09. The van der Waals surface area contributed by atoms with Gasteiger partial charge in [-0.05, 0) is 23.8 Å². The van der Waals surface area contributed by atoms with Crippen LogP contribution in [0.1, 0.15) is 12.0 Å². The van der Waals surface area contributed by atoms with Crippen molar-refractivity contribution in [2.45, 2.75) is 6.43 Å². The van der Waals surface area contributed by atoms with Gasteiger partial charge in [0.2, 0.25) is 0 Å². The molecule has 2 aromatic rings. The van der Waals surface area contributed by atoms with E-state index in [0.29, 0.717) is 0 Å². The molecule has 0 unspecified atom stereocenters. The van der Waals surface area contributed by atoms with Gasteiger partial charge in [0.1, 0.15) is 11.6 Å². The van der Waals surface area contributed by atoms with Crippen LogP contribution in [0.5, 0.6) is 0 Å². The number of rotatable bonds is 2. The van der Waals surface area contributed by atoms with Gasteiger partial charge in [-0.25, -0.2) is 17.6 Å². The molecule has 0 amide bonds. The largest absolute Gasteiger partial charge is 0.266 e. The van der Waals surface area contributed by atoms with Crippen molar-refractivity contribution in [1.29, 1.82) is 0 Å². The minimum atomic E-state index is -2.87. The molecule has 0 saturated carbocycles. The van der Waals surface area contributed by atoms with E-state index in [-0.39, 0.29) is 11.1 Å². The minimum absolute atomic E-state index is 0.187. The lowest BCUT2D eigenvalue weighted by Gasteiger charge is -2.06. The van der Waals surface area contributed by atoms with E-state index in [2.05, 4.69) is 0 Å². The third-order valence-electron chi connectivity index (χ3n) is 2.42. The molecule has 17 heavy (non-hydrogen) atoms. The molecule has 2 rings (SSSR count). The molecule has 0 atom stereocenters. The van der Waals surface area contributed by atoms with E-state index >= 15 is 0 Å². The minimum Gasteiger partial charge on any atom is -0.206 e. The third-order valence-corrected chi connectivity index (χ3v) is 2.42. The van der Waals surface area contributed by atoms with Crippen LogP contribution in [-0.2, 0) is 0 Å². The Morgan fingerprint density at radius 2 is 1.53 bits per heavy atom. The highest BCUT2D eigenvalue weighted by Gasteiger charge is 2.14. The van der Waals surface area contributed by atoms with Crippen molar-refractivity contribution in [3.05, 3.63) is 59.7 Å². The number of hydrogen-bond donors (Lipinski definition) is 0. The zero-order chi connectivity index (χ0) is 12.4. The lowest BCUT2D eigenvalue weighted by atomic mass is 10.0. The van der Waals surface area contributed by atoms with Crippen molar-refractivity contribution < 1.29 is 17.6 Å². The average molecular weight is 240 g/mol. The van der Waals surface area contributed by atoms with Crippen molar-refractivity contribution in [2.24, 2.45) is 0 Å². The zero-order valence-corrected chi connectivity index (χ0v) is 8.63. The summed E-state index contributed by atoms with van der Waals surface area (Å²) >= 11 is 0. The van der Waals surface area contributed by atoms with E-state index in [4.69, 9.17) is 0 Å². The van der Waals surface area contributed by atoms with E-state index in [0.717, 1.165) is 12.1 Å². The van der Waals surface area contributed by atoms with Gasteiger partial charge in [0.15, 0.2) is 0 Å². The lowest BCUT2D eigenvalue weighted by Crippen LogP contribution is -1.92. The molecule has 0 radical (unpaired) electrons. The Hall–Kier alpha value is -1.84. The van der Waals surface area contributed by atoms with Crippen LogP contribution in [0.15, 0.2) is 42.5 Å². The molecule has 88 valence electrons. The van der Waals surface area contributed by atoms with E-state index in [9.17, 15) is 17.6 Å². The van der Waals surface area contributed by atoms with Gasteiger partial charge in [0.25, 0.3) is 6.43 Å². The first kappa shape index (κ1) is 11.6. The van der Waals surface area contributed by atoms with Crippen LogP contribution in [0.4, 0.5) is 17.6 Å². The fraction of sp³-hybridized carbons (Fsp3) is 0.0769. The van der Waals surface area contributed by atoms with E-state index in [1.807, 2.05) is 0 Å². The Bertz CT molecular complexity index is 535. The fourth-order valence-electron chi connectivity index (χ4n) is 1.57. The first-order valence-electron chi connectivity index (χ1n) is 4.92. The molecule has 0 aliphatic rings. The summed E-state index contributed by atoms with van der Waals surface area (Å²) in [5, 5.41) is 0. The number of alkyl halides is 2. The molecule has 0 spiro atoms. The Balaban J connectivity index is 2.49. The summed E-state index contributed by atoms with van der Waals surface area (Å²) < 4.78 is 51.4. The number of benzene rings is 2. The average Bonchev–Trinajstić information content (AvgIpc) is 2.29. The quantitative estimate of drug-likeness (QED) is 0.674. The summed E-state index contributed by atoms with van der Waals surface area (Å²) in [6, 6.07) is 8.96. The summed E-state index contributed by atoms with van der Waals surface area (Å²) in [5.41, 5.74) is -0.248. The van der Waals surface area contributed by atoms with Crippen LogP contribution in [0.3, 0.4) is 0 Å². The molecular formula is C13H8F4. The van der Waals surface area contributed by atoms with Gasteiger partial charge in [-0.15, -0.1) is 0 Å². The Morgan fingerprint density at radius 3 is 2.12 bits per heavy atom. The van der Waals surface area contributed by atoms with Crippen LogP contribution in [0.2, 0.25) is 0 Å². The topological polar surface area (TPSA) is 0 Å². The van der Waals surface area contributed by atoms with Crippen LogP contribution in [-0.4, -0.2) is 0 Å². The molecule has 0 aromatic heterocycles. The lowest BCUT2D eigenvalue weighted by molar-refractivity contribution is 0.146. The molecule has 0 saturated heterocycles. The van der Waals surface area contributed by atoms with E-state index in [1.165, 1.54) is 24.3 Å². The maximum Gasteiger partial charge on any atom is 0.266 e. The summed E-state index contributed by atoms with van der Waals surface area (Å²) in [5.74, 6) is -1.54. The van der Waals surface area contributed by atoms with Crippen LogP contribution >= 0.6 is 0 Å². The maximum atomic E-state index is 13.4. The first-order valence-corrected chi connectivity index (χ1v) is 4.92. The Labute approximate surface area is 95.5 Å². The zero-order valence-electron chi connectivity index (χ0n) is 8.63. The molecule has 2 aromatic carbocycles. The third kappa shape index (κ3) is 2.30. The molecule has 0 nitrogen and oxygen atoms in total. The normalized spacial score (nSPS) is 10.9. The van der Waals surface area contributed by atoms with Crippen molar-refractivity contribution in [1.82, 2.24) is 0 Å². The smallest absolute Gasteiger partial charge is 0.206 e. The SMILES string of the molecule is Fc1ccccc1-c1ccc(C(F)F)c(F)c1. The summed E-state index contributed by atoms with van der Waals surface area (Å²) in [6.45, 7) is 0. The maximum absolute atomic E-state index is 13.4. The van der Waals surface area contributed by atoms with Gasteiger partial charge in [-0.2, -0.15) is 0 Å². The van der Waals surface area contributed by atoms with Crippen molar-refractivity contribution in [3.63, 3.8) is 0 Å². The second-order valence-electron chi connectivity index (χ2n) is 3.52. The molecule has 0 aliphatic carbocycles. The Kier molecular flexibility index (Phi) is 3.13. The number of hydrogen-bond acceptors (Lipinski definition) is 0. The van der Waals surface area contributed by atoms with Crippen molar-refractivity contribution >= 4 is 0 Å². The van der Waals surface area contributed by atoms with Crippen molar-refractivity contribution in [2.75, 3.05) is 0 Å². The molecular weight excluding hydrogens is 232 g/mol. The Morgan fingerprint density at radius 1 is 0.824 bits per heavy atom. The van der Waals surface area contributed by atoms with Crippen LogP contribution < -0.4 is 0 Å². The summed E-state index contributed by atoms with van der Waals surface area (Å²) in [7, 11) is 0. The van der Waals surface area contributed by atoms with Gasteiger partial charge in [0, 0.05) is 5.56 Å². The van der Waals surface area contributed by atoms with Gasteiger partial charge in [0.05, 0.1) is 5.56 Å². The summed E-state index contributed by atoms with van der Waals surface area (Å²) in [6.07, 6.45) is -2.87. The predicted octanol–water partition coefficient (Wildman–Crippen LogP) is 4.57. The second kappa shape index (κ2) is 4.57.